The van der Waals surface area contributed by atoms with Gasteiger partial charge in [0, 0.05) is 6.54 Å². The van der Waals surface area contributed by atoms with E-state index in [1.807, 2.05) is 0 Å². The maximum Gasteiger partial charge on any atom is 0.159 e. The zero-order valence-corrected chi connectivity index (χ0v) is 5.77. The Morgan fingerprint density at radius 1 is 1.27 bits per heavy atom. The zero-order chi connectivity index (χ0) is 8.27. The summed E-state index contributed by atoms with van der Waals surface area (Å²) in [7, 11) is 0. The molecule has 0 bridgehead atoms. The maximum atomic E-state index is 12.5. The van der Waals surface area contributed by atoms with Gasteiger partial charge >= 0.3 is 0 Å². The molecule has 0 aliphatic carbocycles. The van der Waals surface area contributed by atoms with Gasteiger partial charge < -0.3 is 0 Å². The van der Waals surface area contributed by atoms with E-state index in [1.54, 1.807) is 0 Å². The fourth-order valence-electron chi connectivity index (χ4n) is 0.767. The summed E-state index contributed by atoms with van der Waals surface area (Å²) in [5.74, 6) is 3.29. The third kappa shape index (κ3) is 1.96. The summed E-state index contributed by atoms with van der Waals surface area (Å²) in [4.78, 5) is 0. The Hall–Kier alpha value is -1.00. The molecule has 1 aromatic rings. The lowest BCUT2D eigenvalue weighted by atomic mass is 10.2. The molecule has 0 heterocycles. The number of nitrogens with two attached hydrogens (primary N) is 1. The van der Waals surface area contributed by atoms with Crippen molar-refractivity contribution in [2.45, 2.75) is 6.54 Å². The quantitative estimate of drug-likeness (QED) is 0.496. The summed E-state index contributed by atoms with van der Waals surface area (Å²) in [6, 6.07) is 3.65. The largest absolute Gasteiger partial charge is 0.271 e. The first-order valence-corrected chi connectivity index (χ1v) is 3.11. The van der Waals surface area contributed by atoms with Gasteiger partial charge in [-0.15, -0.1) is 0 Å². The van der Waals surface area contributed by atoms with E-state index in [4.69, 9.17) is 5.84 Å². The third-order valence-corrected chi connectivity index (χ3v) is 1.29. The number of nitrogens with one attached hydrogen (secondary N) is 1. The van der Waals surface area contributed by atoms with E-state index in [0.717, 1.165) is 12.1 Å². The van der Waals surface area contributed by atoms with Gasteiger partial charge in [0.1, 0.15) is 0 Å². The third-order valence-electron chi connectivity index (χ3n) is 1.29. The van der Waals surface area contributed by atoms with Crippen LogP contribution in [0.1, 0.15) is 5.56 Å². The molecular weight excluding hydrogens is 150 g/mol. The van der Waals surface area contributed by atoms with Crippen LogP contribution in [0.2, 0.25) is 0 Å². The maximum absolute atomic E-state index is 12.5. The SMILES string of the molecule is NNCc1ccc(F)c(F)c1. The molecule has 1 aromatic carbocycles. The number of benzene rings is 1. The molecule has 0 unspecified atom stereocenters. The molecule has 4 heteroatoms. The molecule has 0 atom stereocenters. The van der Waals surface area contributed by atoms with Gasteiger partial charge in [-0.05, 0) is 17.7 Å². The van der Waals surface area contributed by atoms with Gasteiger partial charge in [-0.1, -0.05) is 6.07 Å². The van der Waals surface area contributed by atoms with Crippen LogP contribution in [0, 0.1) is 11.6 Å². The summed E-state index contributed by atoms with van der Waals surface area (Å²) >= 11 is 0. The van der Waals surface area contributed by atoms with E-state index < -0.39 is 11.6 Å². The molecule has 0 aliphatic heterocycles. The summed E-state index contributed by atoms with van der Waals surface area (Å²) < 4.78 is 24.8. The lowest BCUT2D eigenvalue weighted by Crippen LogP contribution is -2.20. The first-order chi connectivity index (χ1) is 5.24. The van der Waals surface area contributed by atoms with Crippen molar-refractivity contribution >= 4 is 0 Å². The predicted molar refractivity (Wildman–Crippen MR) is 37.4 cm³/mol. The second-order valence-electron chi connectivity index (χ2n) is 2.13. The van der Waals surface area contributed by atoms with Gasteiger partial charge in [0.2, 0.25) is 0 Å². The van der Waals surface area contributed by atoms with E-state index in [9.17, 15) is 8.78 Å². The number of hydrogen-bond donors (Lipinski definition) is 2. The second-order valence-corrected chi connectivity index (χ2v) is 2.13. The molecule has 0 saturated carbocycles. The Balaban J connectivity index is 2.86. The summed E-state index contributed by atoms with van der Waals surface area (Å²) in [5.41, 5.74) is 2.96. The number of hydrazine groups is 1. The van der Waals surface area contributed by atoms with Crippen molar-refractivity contribution in [3.8, 4) is 0 Å². The highest BCUT2D eigenvalue weighted by atomic mass is 19.2. The molecule has 60 valence electrons. The zero-order valence-electron chi connectivity index (χ0n) is 5.77. The summed E-state index contributed by atoms with van der Waals surface area (Å²) in [6.07, 6.45) is 0. The van der Waals surface area contributed by atoms with E-state index in [1.165, 1.54) is 6.07 Å². The molecule has 0 radical (unpaired) electrons. The van der Waals surface area contributed by atoms with Crippen LogP contribution in [0.4, 0.5) is 8.78 Å². The second kappa shape index (κ2) is 3.41. The molecule has 0 amide bonds. The van der Waals surface area contributed by atoms with Crippen molar-refractivity contribution in [2.75, 3.05) is 0 Å². The molecule has 2 nitrogen and oxygen atoms in total. The molecule has 0 saturated heterocycles. The first kappa shape index (κ1) is 8.10. The van der Waals surface area contributed by atoms with Crippen LogP contribution < -0.4 is 11.3 Å². The van der Waals surface area contributed by atoms with E-state index in [2.05, 4.69) is 5.43 Å². The summed E-state index contributed by atoms with van der Waals surface area (Å²) in [6.45, 7) is 0.331. The molecule has 0 aromatic heterocycles. The Morgan fingerprint density at radius 2 is 2.00 bits per heavy atom. The molecule has 1 rings (SSSR count). The van der Waals surface area contributed by atoms with Crippen molar-refractivity contribution in [3.05, 3.63) is 35.4 Å². The van der Waals surface area contributed by atoms with Gasteiger partial charge in [-0.25, -0.2) is 8.78 Å². The standard InChI is InChI=1S/C7H8F2N2/c8-6-2-1-5(4-11-10)3-7(6)9/h1-3,11H,4,10H2. The highest BCUT2D eigenvalue weighted by molar-refractivity contribution is 5.17. The van der Waals surface area contributed by atoms with Gasteiger partial charge in [-0.2, -0.15) is 0 Å². The monoisotopic (exact) mass is 158 g/mol. The highest BCUT2D eigenvalue weighted by Gasteiger charge is 2.00. The fourth-order valence-corrected chi connectivity index (χ4v) is 0.767. The molecular formula is C7H8F2N2. The first-order valence-electron chi connectivity index (χ1n) is 3.11. The van der Waals surface area contributed by atoms with Crippen molar-refractivity contribution in [3.63, 3.8) is 0 Å². The van der Waals surface area contributed by atoms with E-state index >= 15 is 0 Å². The van der Waals surface area contributed by atoms with Crippen molar-refractivity contribution in [1.29, 1.82) is 0 Å². The minimum absolute atomic E-state index is 0.331. The Morgan fingerprint density at radius 3 is 2.55 bits per heavy atom. The molecule has 11 heavy (non-hydrogen) atoms. The molecule has 3 N–H and O–H groups in total. The van der Waals surface area contributed by atoms with Gasteiger partial charge in [0.15, 0.2) is 11.6 Å². The predicted octanol–water partition coefficient (Wildman–Crippen LogP) is 0.928. The van der Waals surface area contributed by atoms with Crippen LogP contribution in [0.5, 0.6) is 0 Å². The number of rotatable bonds is 2. The minimum atomic E-state index is -0.849. The normalized spacial score (nSPS) is 10.1. The average Bonchev–Trinajstić information content (AvgIpc) is 1.98. The lowest BCUT2D eigenvalue weighted by Gasteiger charge is -1.99. The van der Waals surface area contributed by atoms with Crippen LogP contribution in [0.15, 0.2) is 18.2 Å². The van der Waals surface area contributed by atoms with Crippen LogP contribution >= 0.6 is 0 Å². The lowest BCUT2D eigenvalue weighted by molar-refractivity contribution is 0.506. The number of hydrogen-bond acceptors (Lipinski definition) is 2. The van der Waals surface area contributed by atoms with Gasteiger partial charge in [-0.3, -0.25) is 11.3 Å². The highest BCUT2D eigenvalue weighted by Crippen LogP contribution is 2.07. The Bertz CT molecular complexity index is 250. The van der Waals surface area contributed by atoms with Crippen LogP contribution in [-0.2, 0) is 6.54 Å². The van der Waals surface area contributed by atoms with Crippen molar-refractivity contribution in [2.24, 2.45) is 5.84 Å². The van der Waals surface area contributed by atoms with Crippen molar-refractivity contribution < 1.29 is 8.78 Å². The minimum Gasteiger partial charge on any atom is -0.271 e. The smallest absolute Gasteiger partial charge is 0.159 e. The molecule has 0 aliphatic rings. The van der Waals surface area contributed by atoms with Crippen LogP contribution in [0.3, 0.4) is 0 Å². The summed E-state index contributed by atoms with van der Waals surface area (Å²) in [5, 5.41) is 0. The van der Waals surface area contributed by atoms with E-state index in [0.29, 0.717) is 12.1 Å². The fraction of sp³-hybridized carbons (Fsp3) is 0.143. The Kier molecular flexibility index (Phi) is 2.51. The van der Waals surface area contributed by atoms with Crippen LogP contribution in [-0.4, -0.2) is 0 Å². The Labute approximate surface area is 63.0 Å². The number of halogens is 2. The van der Waals surface area contributed by atoms with Crippen molar-refractivity contribution in [1.82, 2.24) is 5.43 Å². The topological polar surface area (TPSA) is 38.0 Å². The molecule has 0 fully saturated rings. The van der Waals surface area contributed by atoms with Gasteiger partial charge in [0.25, 0.3) is 0 Å². The van der Waals surface area contributed by atoms with E-state index in [-0.39, 0.29) is 0 Å². The van der Waals surface area contributed by atoms with Gasteiger partial charge in [0.05, 0.1) is 0 Å². The average molecular weight is 158 g/mol. The van der Waals surface area contributed by atoms with Crippen LogP contribution in [0.25, 0.3) is 0 Å². The molecule has 0 spiro atoms.